The Bertz CT molecular complexity index is 753. The van der Waals surface area contributed by atoms with Gasteiger partial charge in [0, 0.05) is 25.7 Å². The van der Waals surface area contributed by atoms with Crippen molar-refractivity contribution in [1.82, 2.24) is 5.32 Å². The number of ether oxygens (including phenoxy) is 1. The lowest BCUT2D eigenvalue weighted by atomic mass is 10.1. The molecule has 1 heterocycles. The van der Waals surface area contributed by atoms with Gasteiger partial charge in [0.05, 0.1) is 11.3 Å². The average molecular weight is 362 g/mol. The number of aromatic carboxylic acids is 1. The highest BCUT2D eigenvalue weighted by Gasteiger charge is 2.25. The highest BCUT2D eigenvalue weighted by Crippen LogP contribution is 2.31. The molecule has 0 amide bonds. The van der Waals surface area contributed by atoms with E-state index in [0.29, 0.717) is 18.8 Å². The molecule has 0 saturated carbocycles. The highest BCUT2D eigenvalue weighted by molar-refractivity contribution is 5.87. The number of anilines is 1. The number of carboxylic acid groups (broad SMARTS) is 1. The van der Waals surface area contributed by atoms with E-state index in [9.17, 15) is 13.6 Å². The first-order valence-corrected chi connectivity index (χ1v) is 8.37. The van der Waals surface area contributed by atoms with Gasteiger partial charge < -0.3 is 20.1 Å². The third-order valence-corrected chi connectivity index (χ3v) is 4.41. The predicted molar refractivity (Wildman–Crippen MR) is 93.9 cm³/mol. The van der Waals surface area contributed by atoms with E-state index < -0.39 is 12.6 Å². The van der Waals surface area contributed by atoms with E-state index in [4.69, 9.17) is 5.11 Å². The summed E-state index contributed by atoms with van der Waals surface area (Å²) in [6, 6.07) is 13.8. The molecule has 1 fully saturated rings. The van der Waals surface area contributed by atoms with Crippen LogP contribution in [-0.2, 0) is 6.54 Å². The van der Waals surface area contributed by atoms with Crippen LogP contribution in [0.1, 0.15) is 22.3 Å². The second kappa shape index (κ2) is 8.14. The fourth-order valence-corrected chi connectivity index (χ4v) is 3.09. The molecule has 1 unspecified atom stereocenters. The van der Waals surface area contributed by atoms with Gasteiger partial charge in [0.15, 0.2) is 0 Å². The second-order valence-electron chi connectivity index (χ2n) is 6.16. The van der Waals surface area contributed by atoms with Crippen molar-refractivity contribution in [3.8, 4) is 5.75 Å². The smallest absolute Gasteiger partial charge is 0.387 e. The van der Waals surface area contributed by atoms with Gasteiger partial charge in [0.2, 0.25) is 0 Å². The standard InChI is InChI=1S/C19H20F2N2O3/c20-19(21)26-17-4-2-1-3-16(17)23-10-9-15(12-23)22-11-13-5-7-14(8-6-13)18(24)25/h1-8,15,19,22H,9-12H2,(H,24,25). The van der Waals surface area contributed by atoms with Crippen molar-refractivity contribution in [2.24, 2.45) is 0 Å². The van der Waals surface area contributed by atoms with Crippen molar-refractivity contribution in [2.75, 3.05) is 18.0 Å². The molecule has 138 valence electrons. The van der Waals surface area contributed by atoms with E-state index in [-0.39, 0.29) is 17.4 Å². The van der Waals surface area contributed by atoms with Gasteiger partial charge in [-0.15, -0.1) is 0 Å². The maximum atomic E-state index is 12.6. The maximum Gasteiger partial charge on any atom is 0.387 e. The van der Waals surface area contributed by atoms with Crippen LogP contribution in [0.5, 0.6) is 5.75 Å². The van der Waals surface area contributed by atoms with E-state index in [1.165, 1.54) is 0 Å². The van der Waals surface area contributed by atoms with Gasteiger partial charge in [-0.2, -0.15) is 8.78 Å². The number of nitrogens with zero attached hydrogens (tertiary/aromatic N) is 1. The van der Waals surface area contributed by atoms with Crippen LogP contribution in [0, 0.1) is 0 Å². The number of para-hydroxylation sites is 2. The van der Waals surface area contributed by atoms with Gasteiger partial charge in [-0.25, -0.2) is 4.79 Å². The zero-order valence-corrected chi connectivity index (χ0v) is 14.1. The van der Waals surface area contributed by atoms with Gasteiger partial charge in [-0.1, -0.05) is 24.3 Å². The SMILES string of the molecule is O=C(O)c1ccc(CNC2CCN(c3ccccc3OC(F)F)C2)cc1. The minimum Gasteiger partial charge on any atom is -0.478 e. The topological polar surface area (TPSA) is 61.8 Å². The molecule has 1 atom stereocenters. The molecule has 26 heavy (non-hydrogen) atoms. The molecule has 0 radical (unpaired) electrons. The number of nitrogens with one attached hydrogen (secondary N) is 1. The molecule has 3 rings (SSSR count). The van der Waals surface area contributed by atoms with Crippen LogP contribution in [0.3, 0.4) is 0 Å². The first-order chi connectivity index (χ1) is 12.5. The lowest BCUT2D eigenvalue weighted by molar-refractivity contribution is -0.0495. The number of hydrogen-bond acceptors (Lipinski definition) is 4. The number of halogens is 2. The zero-order valence-electron chi connectivity index (χ0n) is 14.1. The Morgan fingerprint density at radius 1 is 1.23 bits per heavy atom. The number of carbonyl (C=O) groups is 1. The molecular formula is C19H20F2N2O3. The van der Waals surface area contributed by atoms with Gasteiger partial charge in [-0.3, -0.25) is 0 Å². The first kappa shape index (κ1) is 18.1. The zero-order chi connectivity index (χ0) is 18.5. The number of carboxylic acids is 1. The molecular weight excluding hydrogens is 342 g/mol. The minimum atomic E-state index is -2.85. The van der Waals surface area contributed by atoms with Crippen molar-refractivity contribution in [1.29, 1.82) is 0 Å². The monoisotopic (exact) mass is 362 g/mol. The fraction of sp³-hybridized carbons (Fsp3) is 0.316. The fourth-order valence-electron chi connectivity index (χ4n) is 3.09. The summed E-state index contributed by atoms with van der Waals surface area (Å²) in [6.07, 6.45) is 0.885. The van der Waals surface area contributed by atoms with Gasteiger partial charge in [0.1, 0.15) is 5.75 Å². The maximum absolute atomic E-state index is 12.6. The third-order valence-electron chi connectivity index (χ3n) is 4.41. The summed E-state index contributed by atoms with van der Waals surface area (Å²) in [7, 11) is 0. The average Bonchev–Trinajstić information content (AvgIpc) is 3.09. The van der Waals surface area contributed by atoms with Crippen LogP contribution in [0.25, 0.3) is 0 Å². The van der Waals surface area contributed by atoms with Gasteiger partial charge >= 0.3 is 12.6 Å². The Labute approximate surface area is 150 Å². The molecule has 0 aliphatic carbocycles. The molecule has 1 aliphatic rings. The highest BCUT2D eigenvalue weighted by atomic mass is 19.3. The molecule has 0 aromatic heterocycles. The largest absolute Gasteiger partial charge is 0.478 e. The Balaban J connectivity index is 1.57. The summed E-state index contributed by atoms with van der Waals surface area (Å²) in [5.74, 6) is -0.756. The summed E-state index contributed by atoms with van der Waals surface area (Å²) in [4.78, 5) is 12.9. The summed E-state index contributed by atoms with van der Waals surface area (Å²) >= 11 is 0. The summed E-state index contributed by atoms with van der Waals surface area (Å²) < 4.78 is 29.7. The van der Waals surface area contributed by atoms with Crippen molar-refractivity contribution in [2.45, 2.75) is 25.6 Å². The molecule has 1 saturated heterocycles. The predicted octanol–water partition coefficient (Wildman–Crippen LogP) is 3.35. The van der Waals surface area contributed by atoms with Crippen LogP contribution < -0.4 is 15.0 Å². The van der Waals surface area contributed by atoms with Crippen molar-refractivity contribution in [3.05, 3.63) is 59.7 Å². The van der Waals surface area contributed by atoms with Crippen LogP contribution in [0.15, 0.2) is 48.5 Å². The van der Waals surface area contributed by atoms with E-state index in [1.54, 1.807) is 48.5 Å². The molecule has 0 spiro atoms. The molecule has 2 aromatic rings. The number of benzene rings is 2. The molecule has 1 aliphatic heterocycles. The van der Waals surface area contributed by atoms with Crippen LogP contribution in [0.4, 0.5) is 14.5 Å². The first-order valence-electron chi connectivity index (χ1n) is 8.37. The lowest BCUT2D eigenvalue weighted by Crippen LogP contribution is -2.32. The number of alkyl halides is 2. The molecule has 7 heteroatoms. The van der Waals surface area contributed by atoms with Crippen LogP contribution >= 0.6 is 0 Å². The van der Waals surface area contributed by atoms with Crippen LogP contribution in [0.2, 0.25) is 0 Å². The number of rotatable bonds is 7. The van der Waals surface area contributed by atoms with E-state index >= 15 is 0 Å². The Hall–Kier alpha value is -2.67. The number of hydrogen-bond donors (Lipinski definition) is 2. The molecule has 0 bridgehead atoms. The van der Waals surface area contributed by atoms with E-state index in [2.05, 4.69) is 10.1 Å². The molecule has 2 N–H and O–H groups in total. The summed E-state index contributed by atoms with van der Waals surface area (Å²) in [6.45, 7) is -0.787. The minimum absolute atomic E-state index is 0.187. The molecule has 2 aromatic carbocycles. The normalized spacial score (nSPS) is 16.9. The second-order valence-corrected chi connectivity index (χ2v) is 6.16. The Morgan fingerprint density at radius 2 is 1.96 bits per heavy atom. The lowest BCUT2D eigenvalue weighted by Gasteiger charge is -2.22. The summed E-state index contributed by atoms with van der Waals surface area (Å²) in [5, 5.41) is 12.3. The summed E-state index contributed by atoms with van der Waals surface area (Å²) in [5.41, 5.74) is 1.93. The van der Waals surface area contributed by atoms with E-state index in [0.717, 1.165) is 18.5 Å². The molecule has 5 nitrogen and oxygen atoms in total. The van der Waals surface area contributed by atoms with Gasteiger partial charge in [-0.05, 0) is 36.2 Å². The quantitative estimate of drug-likeness (QED) is 0.791. The third kappa shape index (κ3) is 4.49. The van der Waals surface area contributed by atoms with Crippen molar-refractivity contribution >= 4 is 11.7 Å². The van der Waals surface area contributed by atoms with Crippen LogP contribution in [-0.4, -0.2) is 36.8 Å². The Morgan fingerprint density at radius 3 is 2.65 bits per heavy atom. The van der Waals surface area contributed by atoms with Crippen molar-refractivity contribution < 1.29 is 23.4 Å². The van der Waals surface area contributed by atoms with E-state index in [1.807, 2.05) is 4.90 Å². The van der Waals surface area contributed by atoms with Gasteiger partial charge in [0.25, 0.3) is 0 Å². The van der Waals surface area contributed by atoms with Crippen molar-refractivity contribution in [3.63, 3.8) is 0 Å². The Kier molecular flexibility index (Phi) is 5.68.